The number of aldehydes is 1. The lowest BCUT2D eigenvalue weighted by Gasteiger charge is -2.33. The summed E-state index contributed by atoms with van der Waals surface area (Å²) < 4.78 is 5.19. The molecule has 0 bridgehead atoms. The Hall–Kier alpha value is -3.51. The van der Waals surface area contributed by atoms with Gasteiger partial charge >= 0.3 is 6.03 Å². The number of hydrogen-bond acceptors (Lipinski definition) is 7. The number of hydrogen-bond donors (Lipinski definition) is 1. The highest BCUT2D eigenvalue weighted by molar-refractivity contribution is 6.01. The van der Waals surface area contributed by atoms with Crippen LogP contribution in [0.4, 0.5) is 16.4 Å². The van der Waals surface area contributed by atoms with Gasteiger partial charge in [-0.1, -0.05) is 0 Å². The van der Waals surface area contributed by atoms with Crippen LogP contribution in [0.2, 0.25) is 0 Å². The Morgan fingerprint density at radius 2 is 2.15 bits per heavy atom. The lowest BCUT2D eigenvalue weighted by molar-refractivity contribution is 0.111. The van der Waals surface area contributed by atoms with Crippen LogP contribution in [0.25, 0.3) is 0 Å². The van der Waals surface area contributed by atoms with Crippen molar-refractivity contribution in [2.45, 2.75) is 51.6 Å². The summed E-state index contributed by atoms with van der Waals surface area (Å²) in [5.41, 5.74) is 2.61. The summed E-state index contributed by atoms with van der Waals surface area (Å²) in [7, 11) is 1.45. The van der Waals surface area contributed by atoms with Gasteiger partial charge in [-0.25, -0.2) is 14.8 Å². The molecule has 33 heavy (non-hydrogen) atoms. The minimum atomic E-state index is -0.395. The fourth-order valence-electron chi connectivity index (χ4n) is 4.58. The predicted octanol–water partition coefficient (Wildman–Crippen LogP) is 3.53. The molecule has 4 rings (SSSR count). The Labute approximate surface area is 193 Å². The average molecular weight is 449 g/mol. The zero-order valence-electron chi connectivity index (χ0n) is 19.2. The highest BCUT2D eigenvalue weighted by Gasteiger charge is 2.33. The van der Waals surface area contributed by atoms with E-state index in [4.69, 9.17) is 10.00 Å². The van der Waals surface area contributed by atoms with Crippen LogP contribution in [0.1, 0.15) is 60.3 Å². The predicted molar refractivity (Wildman–Crippen MR) is 124 cm³/mol. The number of likely N-dealkylation sites (tertiary alicyclic amines) is 1. The molecule has 0 spiro atoms. The van der Waals surface area contributed by atoms with Crippen molar-refractivity contribution >= 4 is 24.0 Å². The first-order chi connectivity index (χ1) is 15.9. The van der Waals surface area contributed by atoms with Crippen molar-refractivity contribution in [2.75, 3.05) is 30.4 Å². The number of aromatic nitrogens is 2. The molecule has 0 unspecified atom stereocenters. The van der Waals surface area contributed by atoms with E-state index < -0.39 is 6.03 Å². The molecule has 0 aliphatic carbocycles. The first-order valence-corrected chi connectivity index (χ1v) is 11.1. The van der Waals surface area contributed by atoms with Gasteiger partial charge in [0.15, 0.2) is 6.29 Å². The number of amides is 2. The standard InChI is InChI=1S/C24H28N6O3/c1-24(2)7-5-8-29(24)14-17-10-16-6-4-9-30(22(16)27-19(17)15-31)23(32)28-21-11-20(33-3)18(12-25)13-26-21/h10-11,13,15H,4-9,14H2,1-3H3,(H,26,28,32). The SMILES string of the molecule is COc1cc(NC(=O)N2CCCc3cc(CN4CCCC4(C)C)c(C=O)nc32)ncc1C#N. The smallest absolute Gasteiger partial charge is 0.328 e. The topological polar surface area (TPSA) is 111 Å². The summed E-state index contributed by atoms with van der Waals surface area (Å²) >= 11 is 0. The third-order valence-corrected chi connectivity index (χ3v) is 6.51. The number of fused-ring (bicyclic) bond motifs is 1. The first-order valence-electron chi connectivity index (χ1n) is 11.1. The molecule has 2 aliphatic heterocycles. The van der Waals surface area contributed by atoms with Crippen molar-refractivity contribution in [3.63, 3.8) is 0 Å². The van der Waals surface area contributed by atoms with Crippen LogP contribution in [0.15, 0.2) is 18.3 Å². The van der Waals surface area contributed by atoms with Crippen LogP contribution < -0.4 is 15.0 Å². The van der Waals surface area contributed by atoms with Gasteiger partial charge in [0, 0.05) is 24.7 Å². The number of ether oxygens (including phenoxy) is 1. The van der Waals surface area contributed by atoms with Crippen molar-refractivity contribution in [3.05, 3.63) is 40.7 Å². The monoisotopic (exact) mass is 448 g/mol. The van der Waals surface area contributed by atoms with Gasteiger partial charge in [-0.05, 0) is 63.3 Å². The van der Waals surface area contributed by atoms with Gasteiger partial charge in [-0.15, -0.1) is 0 Å². The lowest BCUT2D eigenvalue weighted by atomic mass is 9.99. The van der Waals surface area contributed by atoms with Crippen molar-refractivity contribution in [3.8, 4) is 11.8 Å². The van der Waals surface area contributed by atoms with E-state index >= 15 is 0 Å². The molecular formula is C24H28N6O3. The van der Waals surface area contributed by atoms with E-state index in [1.54, 1.807) is 4.90 Å². The molecule has 2 amide bonds. The number of aryl methyl sites for hydroxylation is 1. The number of carbonyl (C=O) groups is 2. The maximum atomic E-state index is 13.1. The summed E-state index contributed by atoms with van der Waals surface area (Å²) in [6.45, 7) is 6.60. The molecule has 2 aromatic rings. The molecule has 1 saturated heterocycles. The molecule has 0 saturated carbocycles. The molecule has 4 heterocycles. The van der Waals surface area contributed by atoms with Crippen molar-refractivity contribution in [1.82, 2.24) is 14.9 Å². The minimum absolute atomic E-state index is 0.0944. The Morgan fingerprint density at radius 1 is 1.33 bits per heavy atom. The number of anilines is 2. The number of nitriles is 1. The third-order valence-electron chi connectivity index (χ3n) is 6.51. The first kappa shape index (κ1) is 22.7. The maximum absolute atomic E-state index is 13.1. The normalized spacial score (nSPS) is 17.2. The van der Waals surface area contributed by atoms with E-state index in [1.807, 2.05) is 12.1 Å². The highest BCUT2D eigenvalue weighted by Crippen LogP contribution is 2.33. The molecule has 1 fully saturated rings. The summed E-state index contributed by atoms with van der Waals surface area (Å²) in [4.78, 5) is 37.6. The number of nitrogens with one attached hydrogen (secondary N) is 1. The molecule has 0 atom stereocenters. The van der Waals surface area contributed by atoms with Gasteiger partial charge in [0.05, 0.1) is 13.3 Å². The maximum Gasteiger partial charge on any atom is 0.328 e. The second kappa shape index (κ2) is 9.16. The lowest BCUT2D eigenvalue weighted by Crippen LogP contribution is -2.40. The Kier molecular flexibility index (Phi) is 6.29. The van der Waals surface area contributed by atoms with Gasteiger partial charge in [0.25, 0.3) is 0 Å². The average Bonchev–Trinajstić information content (AvgIpc) is 3.15. The molecular weight excluding hydrogens is 420 g/mol. The molecule has 172 valence electrons. The fourth-order valence-corrected chi connectivity index (χ4v) is 4.58. The quantitative estimate of drug-likeness (QED) is 0.697. The Balaban J connectivity index is 1.59. The summed E-state index contributed by atoms with van der Waals surface area (Å²) in [5.74, 6) is 1.11. The number of urea groups is 1. The number of pyridine rings is 2. The number of carbonyl (C=O) groups excluding carboxylic acids is 2. The van der Waals surface area contributed by atoms with Crippen molar-refractivity contribution in [2.24, 2.45) is 0 Å². The summed E-state index contributed by atoms with van der Waals surface area (Å²) in [6.07, 6.45) is 5.99. The number of nitrogens with zero attached hydrogens (tertiary/aromatic N) is 5. The zero-order chi connectivity index (χ0) is 23.6. The van der Waals surface area contributed by atoms with E-state index in [0.717, 1.165) is 49.6 Å². The molecule has 0 radical (unpaired) electrons. The largest absolute Gasteiger partial charge is 0.495 e. The summed E-state index contributed by atoms with van der Waals surface area (Å²) in [6, 6.07) is 5.14. The van der Waals surface area contributed by atoms with Crippen LogP contribution in [-0.4, -0.2) is 52.9 Å². The highest BCUT2D eigenvalue weighted by atomic mass is 16.5. The minimum Gasteiger partial charge on any atom is -0.495 e. The number of methoxy groups -OCH3 is 1. The molecule has 9 nitrogen and oxygen atoms in total. The Morgan fingerprint density at radius 3 is 2.82 bits per heavy atom. The van der Waals surface area contributed by atoms with Crippen LogP contribution in [0.5, 0.6) is 5.75 Å². The Bertz CT molecular complexity index is 1120. The second-order valence-corrected chi connectivity index (χ2v) is 9.04. The van der Waals surface area contributed by atoms with Gasteiger partial charge in [-0.3, -0.25) is 19.9 Å². The van der Waals surface area contributed by atoms with Crippen molar-refractivity contribution in [1.29, 1.82) is 5.26 Å². The molecule has 2 aliphatic rings. The molecule has 2 aromatic heterocycles. The third kappa shape index (κ3) is 4.52. The van der Waals surface area contributed by atoms with Crippen LogP contribution in [0.3, 0.4) is 0 Å². The van der Waals surface area contributed by atoms with Gasteiger partial charge < -0.3 is 4.74 Å². The van der Waals surface area contributed by atoms with Crippen LogP contribution in [0, 0.1) is 11.3 Å². The van der Waals surface area contributed by atoms with E-state index in [0.29, 0.717) is 30.4 Å². The van der Waals surface area contributed by atoms with E-state index in [2.05, 4.69) is 34.0 Å². The molecule has 0 aromatic carbocycles. The molecule has 9 heteroatoms. The van der Waals surface area contributed by atoms with Gasteiger partial charge in [0.2, 0.25) is 0 Å². The van der Waals surface area contributed by atoms with E-state index in [-0.39, 0.29) is 16.9 Å². The second-order valence-electron chi connectivity index (χ2n) is 9.04. The number of rotatable bonds is 5. The summed E-state index contributed by atoms with van der Waals surface area (Å²) in [5, 5.41) is 11.9. The molecule has 1 N–H and O–H groups in total. The van der Waals surface area contributed by atoms with Gasteiger partial charge in [-0.2, -0.15) is 5.26 Å². The fraction of sp³-hybridized carbons (Fsp3) is 0.458. The van der Waals surface area contributed by atoms with Crippen molar-refractivity contribution < 1.29 is 14.3 Å². The van der Waals surface area contributed by atoms with Gasteiger partial charge in [0.1, 0.15) is 34.7 Å². The van der Waals surface area contributed by atoms with Crippen LogP contribution >= 0.6 is 0 Å². The van der Waals surface area contributed by atoms with E-state index in [9.17, 15) is 9.59 Å². The van der Waals surface area contributed by atoms with E-state index in [1.165, 1.54) is 19.4 Å². The van der Waals surface area contributed by atoms with Crippen LogP contribution in [-0.2, 0) is 13.0 Å². The zero-order valence-corrected chi connectivity index (χ0v) is 19.2.